The van der Waals surface area contributed by atoms with Gasteiger partial charge in [-0.3, -0.25) is 9.89 Å². The van der Waals surface area contributed by atoms with Crippen molar-refractivity contribution in [2.45, 2.75) is 20.3 Å². The molecule has 0 spiro atoms. The number of rotatable bonds is 2. The largest absolute Gasteiger partial charge is 0.340 e. The van der Waals surface area contributed by atoms with Crippen LogP contribution >= 0.6 is 0 Å². The third-order valence-electron chi connectivity index (χ3n) is 3.08. The first kappa shape index (κ1) is 11.1. The summed E-state index contributed by atoms with van der Waals surface area (Å²) in [5.41, 5.74) is 2.98. The van der Waals surface area contributed by atoms with E-state index < -0.39 is 0 Å². The van der Waals surface area contributed by atoms with Crippen molar-refractivity contribution in [2.75, 3.05) is 26.2 Å². The minimum absolute atomic E-state index is 0.203. The third-order valence-corrected chi connectivity index (χ3v) is 3.08. The second kappa shape index (κ2) is 4.65. The first-order valence-corrected chi connectivity index (χ1v) is 5.67. The molecule has 1 saturated heterocycles. The fourth-order valence-electron chi connectivity index (χ4n) is 2.01. The van der Waals surface area contributed by atoms with Crippen molar-refractivity contribution in [1.82, 2.24) is 20.4 Å². The quantitative estimate of drug-likeness (QED) is 0.740. The van der Waals surface area contributed by atoms with Crippen LogP contribution in [-0.4, -0.2) is 47.2 Å². The highest BCUT2D eigenvalue weighted by Gasteiger charge is 2.18. The molecule has 5 nitrogen and oxygen atoms in total. The highest BCUT2D eigenvalue weighted by atomic mass is 16.2. The van der Waals surface area contributed by atoms with Gasteiger partial charge in [-0.2, -0.15) is 5.10 Å². The second-order valence-electron chi connectivity index (χ2n) is 4.22. The van der Waals surface area contributed by atoms with Gasteiger partial charge in [0.25, 0.3) is 0 Å². The van der Waals surface area contributed by atoms with E-state index in [4.69, 9.17) is 0 Å². The highest BCUT2D eigenvalue weighted by molar-refractivity contribution is 5.79. The molecule has 0 atom stereocenters. The molecule has 1 aliphatic heterocycles. The van der Waals surface area contributed by atoms with Crippen LogP contribution in [0.5, 0.6) is 0 Å². The van der Waals surface area contributed by atoms with Crippen LogP contribution in [0, 0.1) is 13.8 Å². The molecule has 1 aromatic heterocycles. The molecule has 5 heteroatoms. The van der Waals surface area contributed by atoms with Gasteiger partial charge in [0, 0.05) is 37.4 Å². The van der Waals surface area contributed by atoms with E-state index in [1.807, 2.05) is 18.7 Å². The number of hydrogen-bond donors (Lipinski definition) is 2. The predicted molar refractivity (Wildman–Crippen MR) is 61.2 cm³/mol. The molecule has 0 bridgehead atoms. The molecule has 0 radical (unpaired) electrons. The zero-order valence-corrected chi connectivity index (χ0v) is 9.84. The van der Waals surface area contributed by atoms with E-state index in [0.717, 1.165) is 43.1 Å². The standard InChI is InChI=1S/C11H18N4O/c1-8-10(9(2)14-13-8)7-11(16)15-5-3-12-4-6-15/h12H,3-7H2,1-2H3,(H,13,14). The Morgan fingerprint density at radius 1 is 1.38 bits per heavy atom. The lowest BCUT2D eigenvalue weighted by molar-refractivity contribution is -0.131. The van der Waals surface area contributed by atoms with Gasteiger partial charge in [-0.1, -0.05) is 0 Å². The van der Waals surface area contributed by atoms with Crippen molar-refractivity contribution < 1.29 is 4.79 Å². The van der Waals surface area contributed by atoms with Gasteiger partial charge < -0.3 is 10.2 Å². The monoisotopic (exact) mass is 222 g/mol. The highest BCUT2D eigenvalue weighted by Crippen LogP contribution is 2.11. The van der Waals surface area contributed by atoms with Crippen molar-refractivity contribution >= 4 is 5.91 Å². The van der Waals surface area contributed by atoms with Crippen molar-refractivity contribution in [1.29, 1.82) is 0 Å². The van der Waals surface area contributed by atoms with Gasteiger partial charge in [0.2, 0.25) is 5.91 Å². The van der Waals surface area contributed by atoms with Crippen molar-refractivity contribution in [2.24, 2.45) is 0 Å². The normalized spacial score (nSPS) is 16.5. The van der Waals surface area contributed by atoms with Gasteiger partial charge >= 0.3 is 0 Å². The number of amides is 1. The van der Waals surface area contributed by atoms with E-state index in [9.17, 15) is 4.79 Å². The van der Waals surface area contributed by atoms with Crippen LogP contribution in [0.25, 0.3) is 0 Å². The summed E-state index contributed by atoms with van der Waals surface area (Å²) in [6.45, 7) is 7.32. The Morgan fingerprint density at radius 3 is 2.62 bits per heavy atom. The molecule has 0 aromatic carbocycles. The molecule has 2 N–H and O–H groups in total. The lowest BCUT2D eigenvalue weighted by Gasteiger charge is -2.27. The van der Waals surface area contributed by atoms with Crippen LogP contribution in [0.4, 0.5) is 0 Å². The number of nitrogens with zero attached hydrogens (tertiary/aromatic N) is 2. The molecule has 16 heavy (non-hydrogen) atoms. The number of aryl methyl sites for hydroxylation is 2. The zero-order chi connectivity index (χ0) is 11.5. The topological polar surface area (TPSA) is 61.0 Å². The Morgan fingerprint density at radius 2 is 2.06 bits per heavy atom. The Hall–Kier alpha value is -1.36. The summed E-state index contributed by atoms with van der Waals surface area (Å²) in [5, 5.41) is 10.3. The maximum atomic E-state index is 12.0. The summed E-state index contributed by atoms with van der Waals surface area (Å²) in [7, 11) is 0. The van der Waals surface area contributed by atoms with Gasteiger partial charge in [-0.05, 0) is 13.8 Å². The molecule has 1 aliphatic rings. The fraction of sp³-hybridized carbons (Fsp3) is 0.636. The average Bonchev–Trinajstić information content (AvgIpc) is 2.62. The Bertz CT molecular complexity index is 360. The van der Waals surface area contributed by atoms with Crippen LogP contribution < -0.4 is 5.32 Å². The molecule has 0 unspecified atom stereocenters. The van der Waals surface area contributed by atoms with Gasteiger partial charge in [-0.25, -0.2) is 0 Å². The number of H-pyrrole nitrogens is 1. The third kappa shape index (κ3) is 2.24. The summed E-state index contributed by atoms with van der Waals surface area (Å²) < 4.78 is 0. The van der Waals surface area contributed by atoms with Crippen molar-refractivity contribution in [3.63, 3.8) is 0 Å². The number of piperazine rings is 1. The fourth-order valence-corrected chi connectivity index (χ4v) is 2.01. The molecular weight excluding hydrogens is 204 g/mol. The van der Waals surface area contributed by atoms with Gasteiger partial charge in [-0.15, -0.1) is 0 Å². The molecule has 1 aromatic rings. The van der Waals surface area contributed by atoms with E-state index in [0.29, 0.717) is 6.42 Å². The maximum Gasteiger partial charge on any atom is 0.227 e. The van der Waals surface area contributed by atoms with Crippen LogP contribution in [0.2, 0.25) is 0 Å². The van der Waals surface area contributed by atoms with E-state index in [2.05, 4.69) is 15.5 Å². The Balaban J connectivity index is 2.01. The van der Waals surface area contributed by atoms with E-state index in [1.165, 1.54) is 0 Å². The number of carbonyl (C=O) groups excluding carboxylic acids is 1. The van der Waals surface area contributed by atoms with Gasteiger partial charge in [0.1, 0.15) is 0 Å². The molecular formula is C11H18N4O. The molecule has 2 heterocycles. The summed E-state index contributed by atoms with van der Waals surface area (Å²) in [4.78, 5) is 13.9. The molecule has 88 valence electrons. The predicted octanol–water partition coefficient (Wildman–Crippen LogP) is 0.000840. The van der Waals surface area contributed by atoms with Crippen molar-refractivity contribution in [3.8, 4) is 0 Å². The minimum Gasteiger partial charge on any atom is -0.340 e. The number of hydrogen-bond acceptors (Lipinski definition) is 3. The number of aromatic amines is 1. The van der Waals surface area contributed by atoms with Crippen molar-refractivity contribution in [3.05, 3.63) is 17.0 Å². The molecule has 2 rings (SSSR count). The lowest BCUT2D eigenvalue weighted by Crippen LogP contribution is -2.47. The van der Waals surface area contributed by atoms with Gasteiger partial charge in [0.15, 0.2) is 0 Å². The molecule has 1 amide bonds. The van der Waals surface area contributed by atoms with Crippen LogP contribution in [0.1, 0.15) is 17.0 Å². The van der Waals surface area contributed by atoms with Crippen LogP contribution in [0.15, 0.2) is 0 Å². The lowest BCUT2D eigenvalue weighted by atomic mass is 10.1. The minimum atomic E-state index is 0.203. The number of aromatic nitrogens is 2. The number of nitrogens with one attached hydrogen (secondary N) is 2. The van der Waals surface area contributed by atoms with E-state index in [1.54, 1.807) is 0 Å². The van der Waals surface area contributed by atoms with Crippen LogP contribution in [-0.2, 0) is 11.2 Å². The maximum absolute atomic E-state index is 12.0. The van der Waals surface area contributed by atoms with E-state index >= 15 is 0 Å². The van der Waals surface area contributed by atoms with E-state index in [-0.39, 0.29) is 5.91 Å². The first-order chi connectivity index (χ1) is 7.68. The Labute approximate surface area is 95.2 Å². The molecule has 0 aliphatic carbocycles. The number of carbonyl (C=O) groups is 1. The SMILES string of the molecule is Cc1n[nH]c(C)c1CC(=O)N1CCNCC1. The first-order valence-electron chi connectivity index (χ1n) is 5.67. The summed E-state index contributed by atoms with van der Waals surface area (Å²) >= 11 is 0. The van der Waals surface area contributed by atoms with Crippen LogP contribution in [0.3, 0.4) is 0 Å². The summed E-state index contributed by atoms with van der Waals surface area (Å²) in [6, 6.07) is 0. The summed E-state index contributed by atoms with van der Waals surface area (Å²) in [5.74, 6) is 0.203. The smallest absolute Gasteiger partial charge is 0.227 e. The summed E-state index contributed by atoms with van der Waals surface area (Å²) in [6.07, 6.45) is 0.466. The Kier molecular flexibility index (Phi) is 3.24. The molecule has 0 saturated carbocycles. The van der Waals surface area contributed by atoms with Gasteiger partial charge in [0.05, 0.1) is 12.1 Å². The second-order valence-corrected chi connectivity index (χ2v) is 4.22. The molecule has 1 fully saturated rings. The average molecular weight is 222 g/mol. The zero-order valence-electron chi connectivity index (χ0n) is 9.84.